The van der Waals surface area contributed by atoms with Crippen molar-refractivity contribution in [2.24, 2.45) is 0 Å². The maximum absolute atomic E-state index is 13.0. The van der Waals surface area contributed by atoms with Crippen molar-refractivity contribution in [2.75, 3.05) is 0 Å². The first-order valence-electron chi connectivity index (χ1n) is 4.58. The van der Waals surface area contributed by atoms with Crippen LogP contribution in [0.25, 0.3) is 0 Å². The monoisotopic (exact) mass is 208 g/mol. The van der Waals surface area contributed by atoms with Gasteiger partial charge in [0.25, 0.3) is 0 Å². The number of carbonyl (C=O) groups is 2. The van der Waals surface area contributed by atoms with Crippen molar-refractivity contribution in [3.63, 3.8) is 0 Å². The lowest BCUT2D eigenvalue weighted by atomic mass is 9.93. The van der Waals surface area contributed by atoms with Crippen molar-refractivity contribution in [3.05, 3.63) is 35.1 Å². The summed E-state index contributed by atoms with van der Waals surface area (Å²) in [4.78, 5) is 22.2. The maximum atomic E-state index is 13.0. The number of esters is 2. The standard InChI is InChI=1S/C11H9FO3/c1-6-2-3-7(12)4-8(6)9-5-10(13)15-11(9)14/h2-4,9H,5H2,1H3. The molecule has 2 rings (SSSR count). The van der Waals surface area contributed by atoms with Crippen molar-refractivity contribution in [2.45, 2.75) is 19.3 Å². The van der Waals surface area contributed by atoms with E-state index in [-0.39, 0.29) is 6.42 Å². The van der Waals surface area contributed by atoms with E-state index in [2.05, 4.69) is 4.74 Å². The van der Waals surface area contributed by atoms with Crippen molar-refractivity contribution in [3.8, 4) is 0 Å². The Kier molecular flexibility index (Phi) is 2.26. The van der Waals surface area contributed by atoms with Crippen molar-refractivity contribution < 1.29 is 18.7 Å². The van der Waals surface area contributed by atoms with Crippen LogP contribution in [0.15, 0.2) is 18.2 Å². The highest BCUT2D eigenvalue weighted by Gasteiger charge is 2.35. The molecule has 0 saturated carbocycles. The van der Waals surface area contributed by atoms with Gasteiger partial charge in [-0.3, -0.25) is 9.59 Å². The number of benzene rings is 1. The molecule has 0 aromatic heterocycles. The van der Waals surface area contributed by atoms with Crippen molar-refractivity contribution in [1.82, 2.24) is 0 Å². The first-order valence-corrected chi connectivity index (χ1v) is 4.58. The van der Waals surface area contributed by atoms with E-state index in [0.717, 1.165) is 5.56 Å². The Morgan fingerprint density at radius 3 is 2.73 bits per heavy atom. The average molecular weight is 208 g/mol. The Bertz CT molecular complexity index is 439. The van der Waals surface area contributed by atoms with Gasteiger partial charge in [0.2, 0.25) is 0 Å². The van der Waals surface area contributed by atoms with Crippen LogP contribution < -0.4 is 0 Å². The Morgan fingerprint density at radius 2 is 2.13 bits per heavy atom. The molecule has 1 aromatic carbocycles. The maximum Gasteiger partial charge on any atom is 0.321 e. The SMILES string of the molecule is Cc1ccc(F)cc1C1CC(=O)OC1=O. The minimum absolute atomic E-state index is 0.00310. The highest BCUT2D eigenvalue weighted by Crippen LogP contribution is 2.30. The third-order valence-electron chi connectivity index (χ3n) is 2.49. The van der Waals surface area contributed by atoms with Gasteiger partial charge in [-0.15, -0.1) is 0 Å². The molecule has 0 aliphatic carbocycles. The lowest BCUT2D eigenvalue weighted by Crippen LogP contribution is -2.07. The molecule has 1 atom stereocenters. The van der Waals surface area contributed by atoms with Gasteiger partial charge in [0.05, 0.1) is 12.3 Å². The molecule has 1 saturated heterocycles. The summed E-state index contributed by atoms with van der Waals surface area (Å²) in [5, 5.41) is 0. The van der Waals surface area contributed by atoms with Gasteiger partial charge in [0.1, 0.15) is 5.82 Å². The number of halogens is 1. The number of hydrogen-bond acceptors (Lipinski definition) is 3. The first kappa shape index (κ1) is 9.83. The van der Waals surface area contributed by atoms with Gasteiger partial charge in [-0.2, -0.15) is 0 Å². The molecule has 0 amide bonds. The zero-order valence-electron chi connectivity index (χ0n) is 8.12. The van der Waals surface area contributed by atoms with Crippen molar-refractivity contribution >= 4 is 11.9 Å². The number of aryl methyl sites for hydroxylation is 1. The van der Waals surface area contributed by atoms with Gasteiger partial charge >= 0.3 is 11.9 Å². The Hall–Kier alpha value is -1.71. The number of ether oxygens (including phenoxy) is 1. The molecule has 1 heterocycles. The molecular formula is C11H9FO3. The second-order valence-corrected chi connectivity index (χ2v) is 3.55. The summed E-state index contributed by atoms with van der Waals surface area (Å²) in [6.07, 6.45) is 0.00310. The predicted molar refractivity (Wildman–Crippen MR) is 49.6 cm³/mol. The molecule has 0 bridgehead atoms. The molecule has 1 fully saturated rings. The van der Waals surface area contributed by atoms with Crippen LogP contribution in [0.1, 0.15) is 23.5 Å². The van der Waals surface area contributed by atoms with E-state index in [1.165, 1.54) is 12.1 Å². The fraction of sp³-hybridized carbons (Fsp3) is 0.273. The number of cyclic esters (lactones) is 2. The molecule has 0 N–H and O–H groups in total. The van der Waals surface area contributed by atoms with Crippen LogP contribution in [0.2, 0.25) is 0 Å². The van der Waals surface area contributed by atoms with Crippen LogP contribution in [-0.4, -0.2) is 11.9 Å². The van der Waals surface area contributed by atoms with Gasteiger partial charge in [-0.1, -0.05) is 6.07 Å². The summed E-state index contributed by atoms with van der Waals surface area (Å²) in [5.41, 5.74) is 1.32. The lowest BCUT2D eigenvalue weighted by Gasteiger charge is -2.08. The van der Waals surface area contributed by atoms with Crippen molar-refractivity contribution in [1.29, 1.82) is 0 Å². The molecule has 0 spiro atoms. The van der Waals surface area contributed by atoms with E-state index in [9.17, 15) is 14.0 Å². The molecule has 4 heteroatoms. The van der Waals surface area contributed by atoms with E-state index >= 15 is 0 Å². The van der Waals surface area contributed by atoms with Crippen LogP contribution in [0, 0.1) is 12.7 Å². The fourth-order valence-corrected chi connectivity index (χ4v) is 1.70. The van der Waals surface area contributed by atoms with Gasteiger partial charge in [-0.25, -0.2) is 4.39 Å². The van der Waals surface area contributed by atoms with Gasteiger partial charge in [-0.05, 0) is 30.2 Å². The highest BCUT2D eigenvalue weighted by atomic mass is 19.1. The first-order chi connectivity index (χ1) is 7.08. The molecule has 1 aliphatic rings. The fourth-order valence-electron chi connectivity index (χ4n) is 1.70. The molecular weight excluding hydrogens is 199 g/mol. The van der Waals surface area contributed by atoms with Crippen LogP contribution in [0.4, 0.5) is 4.39 Å². The number of hydrogen-bond donors (Lipinski definition) is 0. The second-order valence-electron chi connectivity index (χ2n) is 3.55. The summed E-state index contributed by atoms with van der Waals surface area (Å²) < 4.78 is 17.4. The molecule has 15 heavy (non-hydrogen) atoms. The zero-order chi connectivity index (χ0) is 11.0. The second kappa shape index (κ2) is 3.46. The van der Waals surface area contributed by atoms with E-state index < -0.39 is 23.7 Å². The van der Waals surface area contributed by atoms with Gasteiger partial charge in [0.15, 0.2) is 0 Å². The minimum atomic E-state index is -0.645. The smallest absolute Gasteiger partial charge is 0.321 e. The van der Waals surface area contributed by atoms with Gasteiger partial charge in [0, 0.05) is 0 Å². The number of carbonyl (C=O) groups excluding carboxylic acids is 2. The third-order valence-corrected chi connectivity index (χ3v) is 2.49. The van der Waals surface area contributed by atoms with Crippen LogP contribution in [-0.2, 0) is 14.3 Å². The summed E-state index contributed by atoms with van der Waals surface area (Å²) in [6.45, 7) is 1.77. The summed E-state index contributed by atoms with van der Waals surface area (Å²) >= 11 is 0. The quantitative estimate of drug-likeness (QED) is 0.521. The van der Waals surface area contributed by atoms with Crippen LogP contribution >= 0.6 is 0 Å². The molecule has 0 radical (unpaired) electrons. The molecule has 1 aromatic rings. The molecule has 1 unspecified atom stereocenters. The van der Waals surface area contributed by atoms with E-state index in [1.807, 2.05) is 0 Å². The largest absolute Gasteiger partial charge is 0.393 e. The van der Waals surface area contributed by atoms with E-state index in [0.29, 0.717) is 5.56 Å². The number of rotatable bonds is 1. The Morgan fingerprint density at radius 1 is 1.40 bits per heavy atom. The topological polar surface area (TPSA) is 43.4 Å². The Labute approximate surface area is 85.9 Å². The zero-order valence-corrected chi connectivity index (χ0v) is 8.12. The Balaban J connectivity index is 2.41. The molecule has 3 nitrogen and oxygen atoms in total. The van der Waals surface area contributed by atoms with Gasteiger partial charge < -0.3 is 4.74 Å². The van der Waals surface area contributed by atoms with Crippen LogP contribution in [0.3, 0.4) is 0 Å². The highest BCUT2D eigenvalue weighted by molar-refractivity contribution is 5.98. The lowest BCUT2D eigenvalue weighted by molar-refractivity contribution is -0.152. The van der Waals surface area contributed by atoms with E-state index in [4.69, 9.17) is 0 Å². The summed E-state index contributed by atoms with van der Waals surface area (Å²) in [5.74, 6) is -2.20. The minimum Gasteiger partial charge on any atom is -0.393 e. The average Bonchev–Trinajstić information content (AvgIpc) is 2.50. The summed E-state index contributed by atoms with van der Waals surface area (Å²) in [7, 11) is 0. The molecule has 78 valence electrons. The van der Waals surface area contributed by atoms with E-state index in [1.54, 1.807) is 13.0 Å². The molecule has 1 aliphatic heterocycles. The third kappa shape index (κ3) is 1.75. The normalized spacial score (nSPS) is 20.5. The predicted octanol–water partition coefficient (Wildman–Crippen LogP) is 1.69. The summed E-state index contributed by atoms with van der Waals surface area (Å²) in [6, 6.07) is 4.18. The van der Waals surface area contributed by atoms with Crippen LogP contribution in [0.5, 0.6) is 0 Å².